The molecule has 6 rings (SSSR count). The Morgan fingerprint density at radius 1 is 1.05 bits per heavy atom. The first-order valence-electron chi connectivity index (χ1n) is 14.4. The molecular weight excluding hydrogens is 653 g/mol. The van der Waals surface area contributed by atoms with Gasteiger partial charge in [0.05, 0.1) is 26.8 Å². The average Bonchev–Trinajstić information content (AvgIpc) is 3.51. The minimum Gasteiger partial charge on any atom is -0.490 e. The summed E-state index contributed by atoms with van der Waals surface area (Å²) in [5, 5.41) is 14.7. The van der Waals surface area contributed by atoms with Crippen molar-refractivity contribution in [2.24, 2.45) is 10.9 Å². The molecule has 0 radical (unpaired) electrons. The molecule has 0 spiro atoms. The van der Waals surface area contributed by atoms with Gasteiger partial charge in [0.15, 0.2) is 11.5 Å². The van der Waals surface area contributed by atoms with Gasteiger partial charge in [-0.1, -0.05) is 42.0 Å². The minimum atomic E-state index is -0.411. The second-order valence-corrected chi connectivity index (χ2v) is 12.1. The topological polar surface area (TPSA) is 86.0 Å². The number of benzene rings is 4. The molecule has 0 saturated heterocycles. The Labute approximate surface area is 265 Å². The number of anilines is 1. The van der Waals surface area contributed by atoms with E-state index in [0.29, 0.717) is 29.9 Å². The van der Waals surface area contributed by atoms with Gasteiger partial charge in [0, 0.05) is 30.0 Å². The van der Waals surface area contributed by atoms with E-state index in [1.807, 2.05) is 25.3 Å². The van der Waals surface area contributed by atoms with Crippen molar-refractivity contribution in [3.05, 3.63) is 133 Å². The fourth-order valence-corrected chi connectivity index (χ4v) is 6.68. The van der Waals surface area contributed by atoms with Crippen molar-refractivity contribution < 1.29 is 14.4 Å². The second kappa shape index (κ2) is 12.6. The van der Waals surface area contributed by atoms with Gasteiger partial charge in [-0.15, -0.1) is 0 Å². The number of allylic oxidation sites excluding steroid dienone is 2. The average molecular weight is 686 g/mol. The number of halogens is 1. The van der Waals surface area contributed by atoms with E-state index in [0.717, 1.165) is 26.8 Å². The number of hydrogen-bond acceptors (Lipinski definition) is 6. The molecule has 7 nitrogen and oxygen atoms in total. The zero-order valence-corrected chi connectivity index (χ0v) is 26.2. The Morgan fingerprint density at radius 2 is 1.84 bits per heavy atom. The van der Waals surface area contributed by atoms with Crippen molar-refractivity contribution in [3.8, 4) is 11.5 Å². The summed E-state index contributed by atoms with van der Waals surface area (Å²) in [7, 11) is 0. The molecule has 1 N–H and O–H groups in total. The zero-order chi connectivity index (χ0) is 29.9. The highest BCUT2D eigenvalue weighted by atomic mass is 127. The third-order valence-electron chi connectivity index (χ3n) is 8.00. The number of fused-ring (bicyclic) bond motifs is 3. The lowest BCUT2D eigenvalue weighted by Crippen LogP contribution is -2.29. The number of nitro groups is 1. The Kier molecular flexibility index (Phi) is 8.47. The van der Waals surface area contributed by atoms with E-state index in [4.69, 9.17) is 14.5 Å². The van der Waals surface area contributed by atoms with E-state index in [1.54, 1.807) is 12.1 Å². The van der Waals surface area contributed by atoms with Crippen LogP contribution < -0.4 is 14.8 Å². The lowest BCUT2D eigenvalue weighted by molar-refractivity contribution is -0.384. The first-order chi connectivity index (χ1) is 20.9. The van der Waals surface area contributed by atoms with Crippen LogP contribution in [0.15, 0.2) is 96.0 Å². The lowest BCUT2D eigenvalue weighted by atomic mass is 9.76. The third-order valence-corrected chi connectivity index (χ3v) is 8.80. The molecule has 1 aliphatic carbocycles. The molecule has 8 heteroatoms. The van der Waals surface area contributed by atoms with E-state index in [-0.39, 0.29) is 18.3 Å². The van der Waals surface area contributed by atoms with Crippen LogP contribution in [0.1, 0.15) is 53.1 Å². The van der Waals surface area contributed by atoms with Crippen LogP contribution in [0.5, 0.6) is 11.5 Å². The first-order valence-corrected chi connectivity index (χ1v) is 15.5. The van der Waals surface area contributed by atoms with Gasteiger partial charge in [0.25, 0.3) is 5.69 Å². The van der Waals surface area contributed by atoms with Gasteiger partial charge in [0.2, 0.25) is 0 Å². The van der Waals surface area contributed by atoms with Gasteiger partial charge in [-0.05, 0) is 113 Å². The van der Waals surface area contributed by atoms with E-state index in [1.165, 1.54) is 34.5 Å². The van der Waals surface area contributed by atoms with E-state index in [2.05, 4.69) is 89.4 Å². The quantitative estimate of drug-likeness (QED) is 0.0625. The fraction of sp³-hybridized carbons (Fsp3) is 0.229. The molecule has 4 aromatic carbocycles. The third kappa shape index (κ3) is 6.29. The summed E-state index contributed by atoms with van der Waals surface area (Å²) in [6.07, 6.45) is 7.61. The number of ether oxygens (including phenoxy) is 2. The van der Waals surface area contributed by atoms with Crippen LogP contribution in [0.2, 0.25) is 0 Å². The van der Waals surface area contributed by atoms with Crippen LogP contribution in [0.25, 0.3) is 0 Å². The number of aryl methyl sites for hydroxylation is 1. The summed E-state index contributed by atoms with van der Waals surface area (Å²) in [6, 6.07) is 25.8. The Hall–Kier alpha value is -4.18. The lowest BCUT2D eigenvalue weighted by Gasteiger charge is -2.37. The van der Waals surface area contributed by atoms with E-state index in [9.17, 15) is 10.1 Å². The maximum atomic E-state index is 10.9. The summed E-state index contributed by atoms with van der Waals surface area (Å²) in [5.41, 5.74) is 7.87. The van der Waals surface area contributed by atoms with Crippen molar-refractivity contribution in [3.63, 3.8) is 0 Å². The van der Waals surface area contributed by atoms with Crippen LogP contribution in [-0.2, 0) is 6.61 Å². The number of hydrogen-bond donors (Lipinski definition) is 1. The molecule has 0 unspecified atom stereocenters. The molecule has 3 atom stereocenters. The summed E-state index contributed by atoms with van der Waals surface area (Å²) in [4.78, 5) is 15.3. The number of non-ortho nitro benzene ring substituents is 1. The van der Waals surface area contributed by atoms with Crippen molar-refractivity contribution >= 4 is 45.9 Å². The summed E-state index contributed by atoms with van der Waals surface area (Å²) < 4.78 is 12.9. The van der Waals surface area contributed by atoms with Crippen molar-refractivity contribution in [2.75, 3.05) is 11.9 Å². The van der Waals surface area contributed by atoms with Gasteiger partial charge in [-0.2, -0.15) is 0 Å². The number of rotatable bonds is 9. The molecule has 1 heterocycles. The van der Waals surface area contributed by atoms with Crippen LogP contribution in [0.3, 0.4) is 0 Å². The standard InChI is InChI=1S/C35H32IN3O4/c1-3-42-33-19-24(18-31(36)35(33)43-21-23-8-14-27(15-9-23)39(40)41)20-37-26-12-10-25(11-13-26)34-29-6-4-5-28(29)30-17-22(2)7-16-32(30)38-34/h4-5,7-20,28-29,34,38H,3,6,21H2,1-2H3/t28-,29+,34-/m0/s1. The monoisotopic (exact) mass is 685 g/mol. The highest BCUT2D eigenvalue weighted by molar-refractivity contribution is 14.1. The van der Waals surface area contributed by atoms with Gasteiger partial charge < -0.3 is 14.8 Å². The van der Waals surface area contributed by atoms with Crippen LogP contribution >= 0.6 is 22.6 Å². The Bertz CT molecular complexity index is 1700. The fourth-order valence-electron chi connectivity index (χ4n) is 5.90. The van der Waals surface area contributed by atoms with E-state index < -0.39 is 4.92 Å². The van der Waals surface area contributed by atoms with E-state index >= 15 is 0 Å². The maximum absolute atomic E-state index is 10.9. The van der Waals surface area contributed by atoms with Gasteiger partial charge in [-0.3, -0.25) is 15.1 Å². The number of nitro benzene ring substituents is 1. The van der Waals surface area contributed by atoms with Crippen molar-refractivity contribution in [1.29, 1.82) is 0 Å². The summed E-state index contributed by atoms with van der Waals surface area (Å²) in [5.74, 6) is 2.22. The number of nitrogens with zero attached hydrogens (tertiary/aromatic N) is 2. The highest BCUT2D eigenvalue weighted by Crippen LogP contribution is 2.50. The van der Waals surface area contributed by atoms with Crippen LogP contribution in [0.4, 0.5) is 17.1 Å². The summed E-state index contributed by atoms with van der Waals surface area (Å²) in [6.45, 7) is 4.85. The molecule has 1 aliphatic heterocycles. The van der Waals surface area contributed by atoms with Crippen LogP contribution in [-0.4, -0.2) is 17.7 Å². The first kappa shape index (κ1) is 28.9. The molecule has 0 amide bonds. The molecule has 218 valence electrons. The summed E-state index contributed by atoms with van der Waals surface area (Å²) >= 11 is 2.24. The van der Waals surface area contributed by atoms with Gasteiger partial charge >= 0.3 is 0 Å². The zero-order valence-electron chi connectivity index (χ0n) is 24.0. The SMILES string of the molecule is CCOc1cc(C=Nc2ccc([C@@H]3Nc4ccc(C)cc4[C@H]4C=CC[C@H]43)cc2)cc(I)c1OCc1ccc([N+](=O)[O-])cc1. The molecule has 4 aromatic rings. The largest absolute Gasteiger partial charge is 0.490 e. The van der Waals surface area contributed by atoms with Gasteiger partial charge in [0.1, 0.15) is 6.61 Å². The number of aliphatic imine (C=N–C) groups is 1. The highest BCUT2D eigenvalue weighted by Gasteiger charge is 2.37. The predicted molar refractivity (Wildman–Crippen MR) is 179 cm³/mol. The Balaban J connectivity index is 1.16. The molecule has 0 saturated carbocycles. The predicted octanol–water partition coefficient (Wildman–Crippen LogP) is 9.06. The molecule has 0 fully saturated rings. The second-order valence-electron chi connectivity index (χ2n) is 10.9. The van der Waals surface area contributed by atoms with Crippen LogP contribution in [0, 0.1) is 26.5 Å². The molecule has 0 bridgehead atoms. The van der Waals surface area contributed by atoms with Gasteiger partial charge in [-0.25, -0.2) is 0 Å². The Morgan fingerprint density at radius 3 is 2.58 bits per heavy atom. The molecule has 2 aliphatic rings. The normalized spacial score (nSPS) is 18.6. The number of nitrogens with one attached hydrogen (secondary N) is 1. The van der Waals surface area contributed by atoms with Crippen molar-refractivity contribution in [1.82, 2.24) is 0 Å². The maximum Gasteiger partial charge on any atom is 0.269 e. The molecule has 43 heavy (non-hydrogen) atoms. The smallest absolute Gasteiger partial charge is 0.269 e. The molecule has 0 aromatic heterocycles. The molecular formula is C35H32IN3O4. The minimum absolute atomic E-state index is 0.0536. The van der Waals surface area contributed by atoms with Crippen molar-refractivity contribution in [2.45, 2.75) is 38.8 Å².